The van der Waals surface area contributed by atoms with Crippen molar-refractivity contribution in [2.45, 2.75) is 44.1 Å². The monoisotopic (exact) mass is 235 g/mol. The zero-order chi connectivity index (χ0) is 10.8. The fourth-order valence-corrected chi connectivity index (χ4v) is 5.02. The molecule has 5 rings (SSSR count). The molecule has 0 aromatic carbocycles. The van der Waals surface area contributed by atoms with E-state index in [1.807, 2.05) is 6.33 Å². The second-order valence-electron chi connectivity index (χ2n) is 6.17. The van der Waals surface area contributed by atoms with Crippen LogP contribution < -0.4 is 0 Å². The van der Waals surface area contributed by atoms with E-state index in [0.29, 0.717) is 10.3 Å². The van der Waals surface area contributed by atoms with E-state index < -0.39 is 0 Å². The van der Waals surface area contributed by atoms with Crippen molar-refractivity contribution in [3.05, 3.63) is 11.1 Å². The van der Waals surface area contributed by atoms with E-state index in [1.54, 1.807) is 0 Å². The van der Waals surface area contributed by atoms with E-state index in [1.165, 1.54) is 38.5 Å². The lowest BCUT2D eigenvalue weighted by molar-refractivity contribution is -0.0496. The second-order valence-corrected chi connectivity index (χ2v) is 6.56. The molecule has 16 heavy (non-hydrogen) atoms. The number of H-pyrrole nitrogens is 1. The molecule has 1 aromatic heterocycles. The highest BCUT2D eigenvalue weighted by Gasteiger charge is 2.52. The Hall–Kier alpha value is -0.640. The molecule has 3 nitrogen and oxygen atoms in total. The van der Waals surface area contributed by atoms with Gasteiger partial charge in [-0.1, -0.05) is 0 Å². The van der Waals surface area contributed by atoms with Crippen LogP contribution >= 0.6 is 12.2 Å². The quantitative estimate of drug-likeness (QED) is 0.759. The summed E-state index contributed by atoms with van der Waals surface area (Å²) in [6.07, 6.45) is 10.4. The van der Waals surface area contributed by atoms with E-state index in [0.717, 1.165) is 17.8 Å². The average Bonchev–Trinajstić information content (AvgIpc) is 2.63. The van der Waals surface area contributed by atoms with Gasteiger partial charge in [0.2, 0.25) is 4.77 Å². The van der Waals surface area contributed by atoms with E-state index in [9.17, 15) is 0 Å². The van der Waals surface area contributed by atoms with Crippen LogP contribution in [0.15, 0.2) is 6.33 Å². The number of nitrogens with one attached hydrogen (secondary N) is 1. The third-order valence-electron chi connectivity index (χ3n) is 5.02. The Kier molecular flexibility index (Phi) is 1.75. The van der Waals surface area contributed by atoms with Crippen molar-refractivity contribution in [2.75, 3.05) is 0 Å². The first-order valence-electron chi connectivity index (χ1n) is 6.38. The topological polar surface area (TPSA) is 33.6 Å². The molecule has 0 spiro atoms. The van der Waals surface area contributed by atoms with Gasteiger partial charge in [-0.3, -0.25) is 9.78 Å². The lowest BCUT2D eigenvalue weighted by Crippen LogP contribution is -2.52. The third-order valence-corrected chi connectivity index (χ3v) is 5.22. The van der Waals surface area contributed by atoms with Crippen LogP contribution in [-0.2, 0) is 5.54 Å². The zero-order valence-electron chi connectivity index (χ0n) is 9.35. The van der Waals surface area contributed by atoms with Gasteiger partial charge in [0.05, 0.1) is 5.54 Å². The first-order chi connectivity index (χ1) is 7.73. The fraction of sp³-hybridized carbons (Fsp3) is 0.833. The van der Waals surface area contributed by atoms with Crippen molar-refractivity contribution >= 4 is 12.2 Å². The van der Waals surface area contributed by atoms with Gasteiger partial charge >= 0.3 is 0 Å². The van der Waals surface area contributed by atoms with Gasteiger partial charge in [-0.15, -0.1) is 0 Å². The highest BCUT2D eigenvalue weighted by atomic mass is 32.1. The summed E-state index contributed by atoms with van der Waals surface area (Å²) < 4.78 is 2.87. The predicted molar refractivity (Wildman–Crippen MR) is 63.6 cm³/mol. The molecule has 4 heteroatoms. The molecule has 1 aromatic rings. The van der Waals surface area contributed by atoms with E-state index in [2.05, 4.69) is 14.8 Å². The summed E-state index contributed by atoms with van der Waals surface area (Å²) in [5.41, 5.74) is 0.346. The molecule has 4 aliphatic carbocycles. The molecule has 4 bridgehead atoms. The summed E-state index contributed by atoms with van der Waals surface area (Å²) in [6.45, 7) is 0. The number of aromatic nitrogens is 3. The van der Waals surface area contributed by atoms with Gasteiger partial charge in [0.25, 0.3) is 0 Å². The van der Waals surface area contributed by atoms with Crippen LogP contribution in [0.2, 0.25) is 0 Å². The number of aromatic amines is 1. The molecule has 4 saturated carbocycles. The van der Waals surface area contributed by atoms with Gasteiger partial charge in [-0.25, -0.2) is 4.98 Å². The van der Waals surface area contributed by atoms with Crippen LogP contribution in [-0.4, -0.2) is 14.8 Å². The summed E-state index contributed by atoms with van der Waals surface area (Å²) in [6, 6.07) is 0. The molecule has 0 atom stereocenters. The Morgan fingerprint density at radius 1 is 1.19 bits per heavy atom. The Bertz CT molecular complexity index is 437. The van der Waals surface area contributed by atoms with Gasteiger partial charge in [0.1, 0.15) is 6.33 Å². The molecule has 0 aliphatic heterocycles. The molecule has 0 radical (unpaired) electrons. The van der Waals surface area contributed by atoms with Crippen molar-refractivity contribution in [1.29, 1.82) is 0 Å². The van der Waals surface area contributed by atoms with Gasteiger partial charge in [0, 0.05) is 0 Å². The first-order valence-corrected chi connectivity index (χ1v) is 6.78. The molecule has 0 unspecified atom stereocenters. The maximum Gasteiger partial charge on any atom is 0.213 e. The molecule has 1 heterocycles. The maximum atomic E-state index is 5.10. The SMILES string of the molecule is S=c1ncn(C23CC4CC(CC(C4)C2)C3)[nH]1. The minimum atomic E-state index is 0.346. The number of hydrogen-bond acceptors (Lipinski definition) is 2. The summed E-state index contributed by atoms with van der Waals surface area (Å²) in [7, 11) is 0. The first kappa shape index (κ1) is 9.40. The largest absolute Gasteiger partial charge is 0.271 e. The fourth-order valence-electron chi connectivity index (χ4n) is 4.87. The van der Waals surface area contributed by atoms with Crippen LogP contribution in [0, 0.1) is 22.5 Å². The number of rotatable bonds is 1. The van der Waals surface area contributed by atoms with Crippen LogP contribution in [0.4, 0.5) is 0 Å². The zero-order valence-corrected chi connectivity index (χ0v) is 10.2. The van der Waals surface area contributed by atoms with Crippen molar-refractivity contribution in [2.24, 2.45) is 17.8 Å². The predicted octanol–water partition coefficient (Wildman–Crippen LogP) is 2.87. The van der Waals surface area contributed by atoms with E-state index >= 15 is 0 Å². The Morgan fingerprint density at radius 3 is 2.19 bits per heavy atom. The molecule has 0 amide bonds. The minimum Gasteiger partial charge on any atom is -0.271 e. The highest BCUT2D eigenvalue weighted by Crippen LogP contribution is 2.58. The van der Waals surface area contributed by atoms with Crippen LogP contribution in [0.5, 0.6) is 0 Å². The van der Waals surface area contributed by atoms with Crippen molar-refractivity contribution in [3.63, 3.8) is 0 Å². The Balaban J connectivity index is 1.79. The molecule has 4 fully saturated rings. The molecular weight excluding hydrogens is 218 g/mol. The van der Waals surface area contributed by atoms with Gasteiger partial charge < -0.3 is 0 Å². The van der Waals surface area contributed by atoms with Crippen molar-refractivity contribution in [1.82, 2.24) is 14.8 Å². The summed E-state index contributed by atoms with van der Waals surface area (Å²) in [5.74, 6) is 2.90. The molecule has 86 valence electrons. The van der Waals surface area contributed by atoms with Gasteiger partial charge in [0.15, 0.2) is 0 Å². The Morgan fingerprint density at radius 2 is 1.75 bits per heavy atom. The second kappa shape index (κ2) is 2.97. The summed E-state index contributed by atoms with van der Waals surface area (Å²) in [4.78, 5) is 4.20. The van der Waals surface area contributed by atoms with Gasteiger partial charge in [-0.05, 0) is 68.5 Å². The lowest BCUT2D eigenvalue weighted by Gasteiger charge is -2.56. The smallest absolute Gasteiger partial charge is 0.213 e. The average molecular weight is 235 g/mol. The highest BCUT2D eigenvalue weighted by molar-refractivity contribution is 7.71. The Labute approximate surface area is 100 Å². The van der Waals surface area contributed by atoms with Crippen LogP contribution in [0.25, 0.3) is 0 Å². The van der Waals surface area contributed by atoms with E-state index in [-0.39, 0.29) is 0 Å². The van der Waals surface area contributed by atoms with Crippen LogP contribution in [0.1, 0.15) is 38.5 Å². The number of nitrogens with zero attached hydrogens (tertiary/aromatic N) is 2. The lowest BCUT2D eigenvalue weighted by atomic mass is 9.53. The summed E-state index contributed by atoms with van der Waals surface area (Å²) >= 11 is 5.10. The van der Waals surface area contributed by atoms with Crippen molar-refractivity contribution in [3.8, 4) is 0 Å². The maximum absolute atomic E-state index is 5.10. The van der Waals surface area contributed by atoms with Crippen LogP contribution in [0.3, 0.4) is 0 Å². The molecule has 4 aliphatic rings. The van der Waals surface area contributed by atoms with E-state index in [4.69, 9.17) is 12.2 Å². The van der Waals surface area contributed by atoms with Crippen molar-refractivity contribution < 1.29 is 0 Å². The third kappa shape index (κ3) is 1.19. The number of hydrogen-bond donors (Lipinski definition) is 1. The molecular formula is C12H17N3S. The minimum absolute atomic E-state index is 0.346. The standard InChI is InChI=1S/C12H17N3S/c16-11-13-7-15(14-11)12-4-8-1-9(5-12)3-10(2-8)6-12/h7-10H,1-6H2,(H,14,16). The molecule has 0 saturated heterocycles. The summed E-state index contributed by atoms with van der Waals surface area (Å²) in [5, 5.41) is 3.25. The van der Waals surface area contributed by atoms with Gasteiger partial charge in [-0.2, -0.15) is 0 Å². The normalized spacial score (nSPS) is 45.1. The molecule has 1 N–H and O–H groups in total.